The predicted molar refractivity (Wildman–Crippen MR) is 63.9 cm³/mol. The van der Waals surface area contributed by atoms with Crippen LogP contribution in [-0.2, 0) is 0 Å². The third-order valence-corrected chi connectivity index (χ3v) is 3.37. The van der Waals surface area contributed by atoms with Gasteiger partial charge < -0.3 is 9.63 Å². The number of likely N-dealkylation sites (tertiary alicyclic amines) is 1. The van der Waals surface area contributed by atoms with Crippen LogP contribution in [0.3, 0.4) is 0 Å². The molecule has 0 radical (unpaired) electrons. The van der Waals surface area contributed by atoms with Crippen molar-refractivity contribution in [1.82, 2.24) is 15.0 Å². The maximum absolute atomic E-state index is 12.1. The number of aryl methyl sites for hydroxylation is 1. The number of rotatable bonds is 5. The predicted octanol–water partition coefficient (Wildman–Crippen LogP) is 2.22. The third kappa shape index (κ3) is 4.17. The first-order valence-electron chi connectivity index (χ1n) is 6.64. The van der Waals surface area contributed by atoms with E-state index in [0.717, 1.165) is 0 Å². The monoisotopic (exact) mass is 293 g/mol. The molecule has 0 saturated carbocycles. The van der Waals surface area contributed by atoms with Crippen molar-refractivity contribution in [2.45, 2.75) is 50.9 Å². The van der Waals surface area contributed by atoms with Crippen molar-refractivity contribution in [3.05, 3.63) is 11.7 Å². The number of nitrogens with zero attached hydrogens (tertiary/aromatic N) is 3. The molecule has 1 aliphatic rings. The van der Waals surface area contributed by atoms with Crippen LogP contribution in [0.2, 0.25) is 0 Å². The lowest BCUT2D eigenvalue weighted by molar-refractivity contribution is -0.135. The second kappa shape index (κ2) is 6.09. The van der Waals surface area contributed by atoms with Crippen molar-refractivity contribution in [2.24, 2.45) is 0 Å². The molecule has 1 aliphatic heterocycles. The fraction of sp³-hybridized carbons (Fsp3) is 0.833. The van der Waals surface area contributed by atoms with Gasteiger partial charge in [0.15, 0.2) is 5.82 Å². The van der Waals surface area contributed by atoms with E-state index in [4.69, 9.17) is 4.52 Å². The quantitative estimate of drug-likeness (QED) is 0.843. The van der Waals surface area contributed by atoms with Crippen LogP contribution in [0, 0.1) is 6.92 Å². The first kappa shape index (κ1) is 15.2. The van der Waals surface area contributed by atoms with Gasteiger partial charge >= 0.3 is 6.18 Å². The second-order valence-electron chi connectivity index (χ2n) is 5.15. The number of hydrogen-bond acceptors (Lipinski definition) is 5. The van der Waals surface area contributed by atoms with E-state index in [1.807, 2.05) is 4.90 Å². The van der Waals surface area contributed by atoms with E-state index in [-0.39, 0.29) is 12.5 Å². The van der Waals surface area contributed by atoms with Gasteiger partial charge in [-0.05, 0) is 32.7 Å². The van der Waals surface area contributed by atoms with Crippen LogP contribution in [0.25, 0.3) is 0 Å². The van der Waals surface area contributed by atoms with Crippen molar-refractivity contribution in [3.63, 3.8) is 0 Å². The molecule has 2 atom stereocenters. The standard InChI is InChI=1S/C12H18F3N3O2/c1-8-16-11(20-17-8)10-6-9(19)7-18(10)5-3-2-4-12(13,14)15/h9-10,19H,2-7H2,1H3/t9-,10+/m0/s1. The van der Waals surface area contributed by atoms with E-state index in [0.29, 0.717) is 37.6 Å². The molecule has 0 spiro atoms. The summed E-state index contributed by atoms with van der Waals surface area (Å²) in [7, 11) is 0. The molecule has 0 aliphatic carbocycles. The van der Waals surface area contributed by atoms with Gasteiger partial charge in [0.2, 0.25) is 5.89 Å². The van der Waals surface area contributed by atoms with Crippen LogP contribution in [0.1, 0.15) is 43.4 Å². The zero-order valence-electron chi connectivity index (χ0n) is 11.2. The van der Waals surface area contributed by atoms with E-state index in [1.54, 1.807) is 6.92 Å². The fourth-order valence-corrected chi connectivity index (χ4v) is 2.47. The van der Waals surface area contributed by atoms with Gasteiger partial charge in [0, 0.05) is 13.0 Å². The average Bonchev–Trinajstić information content (AvgIpc) is 2.90. The molecular weight excluding hydrogens is 275 g/mol. The summed E-state index contributed by atoms with van der Waals surface area (Å²) in [6, 6.07) is -0.197. The Kier molecular flexibility index (Phi) is 4.64. The number of unbranched alkanes of at least 4 members (excludes halogenated alkanes) is 1. The van der Waals surface area contributed by atoms with Gasteiger partial charge in [-0.1, -0.05) is 5.16 Å². The van der Waals surface area contributed by atoms with Crippen LogP contribution in [0.15, 0.2) is 4.52 Å². The highest BCUT2D eigenvalue weighted by molar-refractivity contribution is 4.98. The SMILES string of the molecule is Cc1noc([C@H]2C[C@H](O)CN2CCCCC(F)(F)F)n1. The molecule has 1 saturated heterocycles. The molecule has 20 heavy (non-hydrogen) atoms. The van der Waals surface area contributed by atoms with Gasteiger partial charge in [-0.3, -0.25) is 4.90 Å². The van der Waals surface area contributed by atoms with Crippen molar-refractivity contribution in [1.29, 1.82) is 0 Å². The lowest BCUT2D eigenvalue weighted by Gasteiger charge is -2.21. The van der Waals surface area contributed by atoms with E-state index in [2.05, 4.69) is 10.1 Å². The number of β-amino-alcohol motifs (C(OH)–C–C–N with tert-alkyl or cyclic N) is 1. The highest BCUT2D eigenvalue weighted by atomic mass is 19.4. The largest absolute Gasteiger partial charge is 0.392 e. The van der Waals surface area contributed by atoms with Crippen LogP contribution >= 0.6 is 0 Å². The molecule has 1 fully saturated rings. The molecule has 1 N–H and O–H groups in total. The topological polar surface area (TPSA) is 62.4 Å². The average molecular weight is 293 g/mol. The summed E-state index contributed by atoms with van der Waals surface area (Å²) < 4.78 is 41.3. The highest BCUT2D eigenvalue weighted by Gasteiger charge is 2.35. The molecule has 2 heterocycles. The molecule has 1 aromatic rings. The molecule has 0 unspecified atom stereocenters. The Morgan fingerprint density at radius 3 is 2.75 bits per heavy atom. The molecular formula is C12H18F3N3O2. The number of alkyl halides is 3. The van der Waals surface area contributed by atoms with E-state index in [9.17, 15) is 18.3 Å². The zero-order chi connectivity index (χ0) is 14.8. The van der Waals surface area contributed by atoms with Crippen molar-refractivity contribution >= 4 is 0 Å². The van der Waals surface area contributed by atoms with Crippen molar-refractivity contribution in [3.8, 4) is 0 Å². The molecule has 114 valence electrons. The Bertz CT molecular complexity index is 436. The van der Waals surface area contributed by atoms with Gasteiger partial charge in [0.05, 0.1) is 12.1 Å². The van der Waals surface area contributed by atoms with Crippen LogP contribution in [0.4, 0.5) is 13.2 Å². The number of halogens is 3. The molecule has 1 aromatic heterocycles. The summed E-state index contributed by atoms with van der Waals surface area (Å²) in [5.74, 6) is 0.938. The minimum atomic E-state index is -4.10. The molecule has 0 amide bonds. The summed E-state index contributed by atoms with van der Waals surface area (Å²) in [4.78, 5) is 6.05. The Hall–Kier alpha value is -1.15. The second-order valence-corrected chi connectivity index (χ2v) is 5.15. The van der Waals surface area contributed by atoms with Crippen LogP contribution < -0.4 is 0 Å². The Morgan fingerprint density at radius 1 is 1.40 bits per heavy atom. The number of aromatic nitrogens is 2. The van der Waals surface area contributed by atoms with Gasteiger partial charge in [-0.25, -0.2) is 0 Å². The minimum Gasteiger partial charge on any atom is -0.392 e. The molecule has 8 heteroatoms. The first-order chi connectivity index (χ1) is 9.35. The summed E-state index contributed by atoms with van der Waals surface area (Å²) in [5, 5.41) is 13.4. The van der Waals surface area contributed by atoms with Gasteiger partial charge in [0.1, 0.15) is 0 Å². The van der Waals surface area contributed by atoms with E-state index in [1.165, 1.54) is 0 Å². The molecule has 0 aromatic carbocycles. The molecule has 5 nitrogen and oxygen atoms in total. The first-order valence-corrected chi connectivity index (χ1v) is 6.64. The van der Waals surface area contributed by atoms with E-state index >= 15 is 0 Å². The summed E-state index contributed by atoms with van der Waals surface area (Å²) in [5.41, 5.74) is 0. The fourth-order valence-electron chi connectivity index (χ4n) is 2.47. The van der Waals surface area contributed by atoms with Crippen molar-refractivity contribution < 1.29 is 22.8 Å². The third-order valence-electron chi connectivity index (χ3n) is 3.37. The maximum Gasteiger partial charge on any atom is 0.389 e. The van der Waals surface area contributed by atoms with Crippen LogP contribution in [-0.4, -0.2) is 45.5 Å². The Labute approximate surface area is 114 Å². The highest BCUT2D eigenvalue weighted by Crippen LogP contribution is 2.31. The molecule has 2 rings (SSSR count). The lowest BCUT2D eigenvalue weighted by Crippen LogP contribution is -2.26. The van der Waals surface area contributed by atoms with Crippen LogP contribution in [0.5, 0.6) is 0 Å². The smallest absolute Gasteiger partial charge is 0.389 e. The number of hydrogen-bond donors (Lipinski definition) is 1. The number of aliphatic hydroxyl groups excluding tert-OH is 1. The maximum atomic E-state index is 12.1. The van der Waals surface area contributed by atoms with E-state index < -0.39 is 18.7 Å². The lowest BCUT2D eigenvalue weighted by atomic mass is 10.2. The minimum absolute atomic E-state index is 0.0890. The summed E-state index contributed by atoms with van der Waals surface area (Å²) >= 11 is 0. The zero-order valence-corrected chi connectivity index (χ0v) is 11.2. The molecule has 0 bridgehead atoms. The van der Waals surface area contributed by atoms with Gasteiger partial charge in [-0.2, -0.15) is 18.2 Å². The Balaban J connectivity index is 1.86. The Morgan fingerprint density at radius 2 is 2.15 bits per heavy atom. The normalized spacial score (nSPS) is 24.4. The summed E-state index contributed by atoms with van der Waals surface area (Å²) in [6.07, 6.45) is -4.39. The summed E-state index contributed by atoms with van der Waals surface area (Å²) in [6.45, 7) is 2.61. The van der Waals surface area contributed by atoms with Crippen molar-refractivity contribution in [2.75, 3.05) is 13.1 Å². The number of aliphatic hydroxyl groups is 1. The van der Waals surface area contributed by atoms with Gasteiger partial charge in [-0.15, -0.1) is 0 Å². The van der Waals surface area contributed by atoms with Gasteiger partial charge in [0.25, 0.3) is 0 Å².